The Bertz CT molecular complexity index is 277. The molecule has 1 aliphatic carbocycles. The highest BCUT2D eigenvalue weighted by Gasteiger charge is 2.34. The maximum Gasteiger partial charge on any atom is 0.0672 e. The molecule has 1 saturated carbocycles. The Balaban J connectivity index is 2.08. The second-order valence-corrected chi connectivity index (χ2v) is 5.09. The van der Waals surface area contributed by atoms with Crippen LogP contribution in [0.4, 0.5) is 0 Å². The molecule has 1 saturated heterocycles. The standard InChI is InChI=1S/C13H22N2O2/c14-8-11-4-2-1-3-5-13(11)15-6-7-17-10-12(15)9-16/h11-13,16H,1-7,9-10H2. The quantitative estimate of drug-likeness (QED) is 0.733. The Hall–Kier alpha value is -0.630. The van der Waals surface area contributed by atoms with Gasteiger partial charge in [0.1, 0.15) is 0 Å². The second kappa shape index (κ2) is 6.34. The Kier molecular flexibility index (Phi) is 4.78. The predicted octanol–water partition coefficient (Wildman–Crippen LogP) is 1.15. The summed E-state index contributed by atoms with van der Waals surface area (Å²) in [6.07, 6.45) is 5.72. The Morgan fingerprint density at radius 3 is 2.88 bits per heavy atom. The minimum absolute atomic E-state index is 0.0858. The molecule has 17 heavy (non-hydrogen) atoms. The van der Waals surface area contributed by atoms with Crippen LogP contribution in [0.25, 0.3) is 0 Å². The number of ether oxygens (including phenoxy) is 1. The first-order chi connectivity index (χ1) is 8.36. The van der Waals surface area contributed by atoms with Gasteiger partial charge < -0.3 is 9.84 Å². The Labute approximate surface area is 103 Å². The monoisotopic (exact) mass is 238 g/mol. The fraction of sp³-hybridized carbons (Fsp3) is 0.923. The largest absolute Gasteiger partial charge is 0.395 e. The molecule has 4 nitrogen and oxygen atoms in total. The van der Waals surface area contributed by atoms with Gasteiger partial charge in [0.2, 0.25) is 0 Å². The van der Waals surface area contributed by atoms with Gasteiger partial charge in [-0.05, 0) is 12.8 Å². The minimum Gasteiger partial charge on any atom is -0.395 e. The van der Waals surface area contributed by atoms with Crippen molar-refractivity contribution in [3.05, 3.63) is 0 Å². The summed E-state index contributed by atoms with van der Waals surface area (Å²) in [7, 11) is 0. The van der Waals surface area contributed by atoms with Crippen LogP contribution in [0.2, 0.25) is 0 Å². The lowest BCUT2D eigenvalue weighted by Gasteiger charge is -2.41. The number of hydrogen-bond donors (Lipinski definition) is 1. The van der Waals surface area contributed by atoms with Crippen LogP contribution < -0.4 is 0 Å². The number of nitriles is 1. The van der Waals surface area contributed by atoms with Crippen molar-refractivity contribution in [2.75, 3.05) is 26.4 Å². The van der Waals surface area contributed by atoms with E-state index >= 15 is 0 Å². The van der Waals surface area contributed by atoms with Crippen molar-refractivity contribution in [2.24, 2.45) is 5.92 Å². The molecule has 2 aliphatic rings. The molecule has 0 bridgehead atoms. The Morgan fingerprint density at radius 1 is 1.29 bits per heavy atom. The van der Waals surface area contributed by atoms with E-state index in [0.717, 1.165) is 26.0 Å². The molecule has 2 rings (SSSR count). The minimum atomic E-state index is 0.0858. The van der Waals surface area contributed by atoms with E-state index in [9.17, 15) is 10.4 Å². The third-order valence-corrected chi connectivity index (χ3v) is 4.06. The molecular formula is C13H22N2O2. The highest BCUT2D eigenvalue weighted by Crippen LogP contribution is 2.29. The van der Waals surface area contributed by atoms with Crippen molar-refractivity contribution in [1.29, 1.82) is 5.26 Å². The molecule has 1 heterocycles. The van der Waals surface area contributed by atoms with Gasteiger partial charge in [-0.2, -0.15) is 5.26 Å². The number of nitrogens with zero attached hydrogens (tertiary/aromatic N) is 2. The predicted molar refractivity (Wildman–Crippen MR) is 64.4 cm³/mol. The average Bonchev–Trinajstić information content (AvgIpc) is 2.63. The molecule has 0 aromatic rings. The van der Waals surface area contributed by atoms with Crippen LogP contribution in [-0.4, -0.2) is 48.5 Å². The van der Waals surface area contributed by atoms with Gasteiger partial charge >= 0.3 is 0 Å². The van der Waals surface area contributed by atoms with Gasteiger partial charge in [0.15, 0.2) is 0 Å². The van der Waals surface area contributed by atoms with Gasteiger partial charge in [0.05, 0.1) is 37.8 Å². The van der Waals surface area contributed by atoms with Crippen molar-refractivity contribution >= 4 is 0 Å². The van der Waals surface area contributed by atoms with Crippen molar-refractivity contribution < 1.29 is 9.84 Å². The number of aliphatic hydroxyl groups is 1. The normalized spacial score (nSPS) is 36.1. The van der Waals surface area contributed by atoms with E-state index in [0.29, 0.717) is 12.6 Å². The zero-order chi connectivity index (χ0) is 12.1. The molecule has 0 spiro atoms. The third-order valence-electron chi connectivity index (χ3n) is 4.06. The van der Waals surface area contributed by atoms with E-state index in [4.69, 9.17) is 4.74 Å². The summed E-state index contributed by atoms with van der Waals surface area (Å²) in [5, 5.41) is 18.7. The molecule has 3 unspecified atom stereocenters. The van der Waals surface area contributed by atoms with Gasteiger partial charge in [-0.15, -0.1) is 0 Å². The molecule has 4 heteroatoms. The van der Waals surface area contributed by atoms with Crippen molar-refractivity contribution in [2.45, 2.75) is 44.2 Å². The van der Waals surface area contributed by atoms with Crippen molar-refractivity contribution in [3.8, 4) is 6.07 Å². The number of morpholine rings is 1. The summed E-state index contributed by atoms with van der Waals surface area (Å²) in [6, 6.07) is 2.88. The number of hydrogen-bond acceptors (Lipinski definition) is 4. The van der Waals surface area contributed by atoms with E-state index < -0.39 is 0 Å². The van der Waals surface area contributed by atoms with Crippen LogP contribution in [-0.2, 0) is 4.74 Å². The first-order valence-corrected chi connectivity index (χ1v) is 6.70. The summed E-state index contributed by atoms with van der Waals surface area (Å²) >= 11 is 0. The van der Waals surface area contributed by atoms with Gasteiger partial charge in [-0.1, -0.05) is 19.3 Å². The van der Waals surface area contributed by atoms with Crippen molar-refractivity contribution in [1.82, 2.24) is 4.90 Å². The van der Waals surface area contributed by atoms with E-state index in [1.807, 2.05) is 0 Å². The lowest BCUT2D eigenvalue weighted by molar-refractivity contribution is -0.0552. The SMILES string of the molecule is N#CC1CCCCCC1N1CCOCC1CO. The smallest absolute Gasteiger partial charge is 0.0672 e. The molecule has 96 valence electrons. The Morgan fingerprint density at radius 2 is 2.12 bits per heavy atom. The molecule has 0 radical (unpaired) electrons. The van der Waals surface area contributed by atoms with Crippen LogP contribution in [0, 0.1) is 17.2 Å². The fourth-order valence-electron chi connectivity index (χ4n) is 3.10. The number of rotatable bonds is 2. The van der Waals surface area contributed by atoms with E-state index in [-0.39, 0.29) is 18.6 Å². The molecule has 0 aromatic carbocycles. The average molecular weight is 238 g/mol. The highest BCUT2D eigenvalue weighted by molar-refractivity contribution is 4.96. The van der Waals surface area contributed by atoms with Crippen LogP contribution in [0.15, 0.2) is 0 Å². The molecule has 2 fully saturated rings. The molecule has 0 amide bonds. The summed E-state index contributed by atoms with van der Waals surface area (Å²) in [6.45, 7) is 2.32. The highest BCUT2D eigenvalue weighted by atomic mass is 16.5. The van der Waals surface area contributed by atoms with Gasteiger partial charge in [-0.3, -0.25) is 4.90 Å². The topological polar surface area (TPSA) is 56.5 Å². The van der Waals surface area contributed by atoms with E-state index in [1.165, 1.54) is 19.3 Å². The zero-order valence-electron chi connectivity index (χ0n) is 10.3. The second-order valence-electron chi connectivity index (χ2n) is 5.09. The molecular weight excluding hydrogens is 216 g/mol. The first-order valence-electron chi connectivity index (χ1n) is 6.70. The van der Waals surface area contributed by atoms with Gasteiger partial charge in [0.25, 0.3) is 0 Å². The van der Waals surface area contributed by atoms with Crippen LogP contribution >= 0.6 is 0 Å². The lowest BCUT2D eigenvalue weighted by atomic mass is 9.93. The lowest BCUT2D eigenvalue weighted by Crippen LogP contribution is -2.54. The maximum absolute atomic E-state index is 9.42. The summed E-state index contributed by atoms with van der Waals surface area (Å²) in [4.78, 5) is 2.32. The molecule has 1 aliphatic heterocycles. The van der Waals surface area contributed by atoms with Gasteiger partial charge in [-0.25, -0.2) is 0 Å². The first kappa shape index (κ1) is 12.8. The summed E-state index contributed by atoms with van der Waals surface area (Å²) < 4.78 is 5.41. The molecule has 1 N–H and O–H groups in total. The maximum atomic E-state index is 9.42. The fourth-order valence-corrected chi connectivity index (χ4v) is 3.10. The molecule has 3 atom stereocenters. The van der Waals surface area contributed by atoms with E-state index in [1.54, 1.807) is 0 Å². The van der Waals surface area contributed by atoms with E-state index in [2.05, 4.69) is 11.0 Å². The van der Waals surface area contributed by atoms with Crippen molar-refractivity contribution in [3.63, 3.8) is 0 Å². The molecule has 0 aromatic heterocycles. The van der Waals surface area contributed by atoms with Gasteiger partial charge in [0, 0.05) is 12.6 Å². The van der Waals surface area contributed by atoms with Crippen LogP contribution in [0.1, 0.15) is 32.1 Å². The van der Waals surface area contributed by atoms with Crippen LogP contribution in [0.5, 0.6) is 0 Å². The summed E-state index contributed by atoms with van der Waals surface area (Å²) in [5.41, 5.74) is 0. The third kappa shape index (κ3) is 2.98. The summed E-state index contributed by atoms with van der Waals surface area (Å²) in [5.74, 6) is 0.129. The zero-order valence-corrected chi connectivity index (χ0v) is 10.3. The number of aliphatic hydroxyl groups excluding tert-OH is 1. The van der Waals surface area contributed by atoms with Crippen LogP contribution in [0.3, 0.4) is 0 Å².